The Kier molecular flexibility index (Phi) is 1.52. The quantitative estimate of drug-likeness (QED) is 0.517. The maximum Gasteiger partial charge on any atom is 0.158 e. The molecule has 11 heavy (non-hydrogen) atoms. The SMILES string of the molecule is C1=CN=c2ncccc2=CC1. The van der Waals surface area contributed by atoms with Crippen LogP contribution in [0.25, 0.3) is 6.08 Å². The van der Waals surface area contributed by atoms with E-state index in [4.69, 9.17) is 0 Å². The van der Waals surface area contributed by atoms with E-state index in [0.717, 1.165) is 17.1 Å². The number of rotatable bonds is 0. The van der Waals surface area contributed by atoms with E-state index in [-0.39, 0.29) is 0 Å². The van der Waals surface area contributed by atoms with Gasteiger partial charge in [-0.25, -0.2) is 9.98 Å². The second-order valence-corrected chi connectivity index (χ2v) is 2.37. The van der Waals surface area contributed by atoms with Crippen LogP contribution in [0.15, 0.2) is 35.6 Å². The molecule has 1 aromatic rings. The fraction of sp³-hybridized carbons (Fsp3) is 0.111. The molecular formula is C9H8N2. The first-order chi connectivity index (χ1) is 5.47. The standard InChI is InChI=1S/C9H8N2/c1-2-6-10-9-8(4-1)5-3-7-11-9/h2-7H,1H2. The lowest BCUT2D eigenvalue weighted by atomic mass is 10.3. The van der Waals surface area contributed by atoms with Gasteiger partial charge in [-0.1, -0.05) is 12.2 Å². The maximum absolute atomic E-state index is 4.16. The van der Waals surface area contributed by atoms with Crippen LogP contribution in [0.4, 0.5) is 0 Å². The molecule has 0 spiro atoms. The molecule has 0 amide bonds. The summed E-state index contributed by atoms with van der Waals surface area (Å²) < 4.78 is 0. The molecule has 1 aromatic heterocycles. The number of aromatic nitrogens is 1. The van der Waals surface area contributed by atoms with Crippen molar-refractivity contribution in [2.24, 2.45) is 4.99 Å². The number of nitrogens with zero attached hydrogens (tertiary/aromatic N) is 2. The topological polar surface area (TPSA) is 25.2 Å². The zero-order valence-electron chi connectivity index (χ0n) is 6.07. The summed E-state index contributed by atoms with van der Waals surface area (Å²) in [5.74, 6) is 0. The molecule has 0 aliphatic carbocycles. The average molecular weight is 144 g/mol. The summed E-state index contributed by atoms with van der Waals surface area (Å²) in [6.07, 6.45) is 8.64. The molecule has 0 atom stereocenters. The monoisotopic (exact) mass is 144 g/mol. The summed E-state index contributed by atoms with van der Waals surface area (Å²) in [5, 5.41) is 1.12. The molecule has 1 aliphatic heterocycles. The third-order valence-corrected chi connectivity index (χ3v) is 1.59. The van der Waals surface area contributed by atoms with E-state index >= 15 is 0 Å². The minimum atomic E-state index is 0.821. The van der Waals surface area contributed by atoms with Gasteiger partial charge in [-0.05, 0) is 18.6 Å². The zero-order valence-corrected chi connectivity index (χ0v) is 6.07. The number of allylic oxidation sites excluding steroid dienone is 1. The van der Waals surface area contributed by atoms with Crippen molar-refractivity contribution < 1.29 is 0 Å². The van der Waals surface area contributed by atoms with E-state index in [1.165, 1.54) is 0 Å². The molecule has 1 aliphatic rings. The predicted molar refractivity (Wildman–Crippen MR) is 43.2 cm³/mol. The summed E-state index contributed by atoms with van der Waals surface area (Å²) in [6.45, 7) is 0. The van der Waals surface area contributed by atoms with E-state index in [9.17, 15) is 0 Å². The van der Waals surface area contributed by atoms with Gasteiger partial charge in [0.05, 0.1) is 0 Å². The maximum atomic E-state index is 4.16. The molecule has 0 N–H and O–H groups in total. The highest BCUT2D eigenvalue weighted by molar-refractivity contribution is 5.25. The molecule has 0 fully saturated rings. The van der Waals surface area contributed by atoms with Crippen molar-refractivity contribution in [3.05, 3.63) is 41.3 Å². The van der Waals surface area contributed by atoms with Crippen molar-refractivity contribution >= 4 is 6.08 Å². The van der Waals surface area contributed by atoms with Crippen LogP contribution in [0.1, 0.15) is 6.42 Å². The summed E-state index contributed by atoms with van der Waals surface area (Å²) in [5.41, 5.74) is 0.821. The number of hydrogen-bond acceptors (Lipinski definition) is 2. The molecule has 0 saturated heterocycles. The Labute approximate surface area is 64.6 Å². The van der Waals surface area contributed by atoms with E-state index in [1.807, 2.05) is 18.2 Å². The van der Waals surface area contributed by atoms with E-state index in [2.05, 4.69) is 16.1 Å². The van der Waals surface area contributed by atoms with Gasteiger partial charge in [-0.15, -0.1) is 0 Å². The fourth-order valence-corrected chi connectivity index (χ4v) is 1.06. The van der Waals surface area contributed by atoms with Crippen LogP contribution in [0.5, 0.6) is 0 Å². The van der Waals surface area contributed by atoms with Crippen molar-refractivity contribution in [2.75, 3.05) is 0 Å². The summed E-state index contributed by atoms with van der Waals surface area (Å²) in [6, 6.07) is 3.95. The average Bonchev–Trinajstić information content (AvgIpc) is 2.28. The lowest BCUT2D eigenvalue weighted by Crippen LogP contribution is -2.26. The van der Waals surface area contributed by atoms with Gasteiger partial charge in [0.25, 0.3) is 0 Å². The van der Waals surface area contributed by atoms with Crippen molar-refractivity contribution in [2.45, 2.75) is 6.42 Å². The molecule has 2 nitrogen and oxygen atoms in total. The van der Waals surface area contributed by atoms with Gasteiger partial charge in [0.15, 0.2) is 5.49 Å². The third kappa shape index (κ3) is 1.19. The highest BCUT2D eigenvalue weighted by Gasteiger charge is 1.86. The Morgan fingerprint density at radius 2 is 2.36 bits per heavy atom. The van der Waals surface area contributed by atoms with Crippen LogP contribution in [0, 0.1) is 0 Å². The van der Waals surface area contributed by atoms with Gasteiger partial charge in [-0.3, -0.25) is 0 Å². The molecule has 0 aromatic carbocycles. The first-order valence-electron chi connectivity index (χ1n) is 3.61. The lowest BCUT2D eigenvalue weighted by Gasteiger charge is -1.83. The Balaban J connectivity index is 2.81. The van der Waals surface area contributed by atoms with Crippen molar-refractivity contribution in [1.82, 2.24) is 4.98 Å². The summed E-state index contributed by atoms with van der Waals surface area (Å²) in [4.78, 5) is 8.29. The van der Waals surface area contributed by atoms with E-state index in [0.29, 0.717) is 0 Å². The smallest absolute Gasteiger partial charge is 0.158 e. The van der Waals surface area contributed by atoms with Crippen molar-refractivity contribution in [1.29, 1.82) is 0 Å². The van der Waals surface area contributed by atoms with Gasteiger partial charge in [0, 0.05) is 17.6 Å². The molecule has 0 bridgehead atoms. The van der Waals surface area contributed by atoms with Gasteiger partial charge in [0.1, 0.15) is 0 Å². The van der Waals surface area contributed by atoms with Gasteiger partial charge < -0.3 is 0 Å². The van der Waals surface area contributed by atoms with Gasteiger partial charge in [0.2, 0.25) is 0 Å². The molecule has 2 heteroatoms. The highest BCUT2D eigenvalue weighted by Crippen LogP contribution is 1.86. The molecule has 0 unspecified atom stereocenters. The van der Waals surface area contributed by atoms with Crippen LogP contribution < -0.4 is 10.7 Å². The first-order valence-corrected chi connectivity index (χ1v) is 3.61. The molecular weight excluding hydrogens is 136 g/mol. The lowest BCUT2D eigenvalue weighted by molar-refractivity contribution is 1.12. The Morgan fingerprint density at radius 3 is 3.36 bits per heavy atom. The molecule has 2 rings (SSSR count). The normalized spacial score (nSPS) is 14.2. The van der Waals surface area contributed by atoms with Crippen molar-refractivity contribution in [3.8, 4) is 0 Å². The number of pyridine rings is 1. The van der Waals surface area contributed by atoms with Gasteiger partial charge in [-0.2, -0.15) is 0 Å². The van der Waals surface area contributed by atoms with E-state index in [1.54, 1.807) is 12.4 Å². The second kappa shape index (κ2) is 2.66. The van der Waals surface area contributed by atoms with E-state index < -0.39 is 0 Å². The number of hydrogen-bond donors (Lipinski definition) is 0. The second-order valence-electron chi connectivity index (χ2n) is 2.37. The minimum absolute atomic E-state index is 0.821. The Bertz CT molecular complexity index is 390. The Morgan fingerprint density at radius 1 is 1.36 bits per heavy atom. The summed E-state index contributed by atoms with van der Waals surface area (Å²) in [7, 11) is 0. The molecule has 0 saturated carbocycles. The minimum Gasteiger partial charge on any atom is -0.237 e. The number of fused-ring (bicyclic) bond motifs is 1. The molecule has 0 radical (unpaired) electrons. The van der Waals surface area contributed by atoms with Gasteiger partial charge >= 0.3 is 0 Å². The van der Waals surface area contributed by atoms with Crippen LogP contribution in [0.3, 0.4) is 0 Å². The van der Waals surface area contributed by atoms with Crippen molar-refractivity contribution in [3.63, 3.8) is 0 Å². The molecule has 54 valence electrons. The highest BCUT2D eigenvalue weighted by atomic mass is 14.8. The predicted octanol–water partition coefficient (Wildman–Crippen LogP) is 0.399. The third-order valence-electron chi connectivity index (χ3n) is 1.59. The largest absolute Gasteiger partial charge is 0.237 e. The van der Waals surface area contributed by atoms with Crippen LogP contribution >= 0.6 is 0 Å². The molecule has 2 heterocycles. The van der Waals surface area contributed by atoms with Crippen LogP contribution in [0.2, 0.25) is 0 Å². The fourth-order valence-electron chi connectivity index (χ4n) is 1.06. The Hall–Kier alpha value is -1.44. The van der Waals surface area contributed by atoms with Crippen LogP contribution in [-0.4, -0.2) is 4.98 Å². The zero-order chi connectivity index (χ0) is 7.52. The van der Waals surface area contributed by atoms with Crippen LogP contribution in [-0.2, 0) is 0 Å². The first kappa shape index (κ1) is 6.28. The summed E-state index contributed by atoms with van der Waals surface area (Å²) >= 11 is 0.